The number of hydrogen-bond acceptors (Lipinski definition) is 4. The summed E-state index contributed by atoms with van der Waals surface area (Å²) in [7, 11) is 3.62. The molecule has 6 nitrogen and oxygen atoms in total. The van der Waals surface area contributed by atoms with Gasteiger partial charge in [0.1, 0.15) is 0 Å². The zero-order chi connectivity index (χ0) is 18.5. The number of nitrogens with zero attached hydrogens (tertiary/aromatic N) is 3. The van der Waals surface area contributed by atoms with Crippen LogP contribution < -0.4 is 10.6 Å². The Balaban J connectivity index is 2.20. The maximum absolute atomic E-state index is 5.22. The van der Waals surface area contributed by atoms with Gasteiger partial charge in [-0.3, -0.25) is 9.89 Å². The molecule has 0 aromatic heterocycles. The lowest BCUT2D eigenvalue weighted by Gasteiger charge is -2.23. The standard InChI is InChI=1S/C19H41N5O/c1-6-23(7-2)13-8-9-17(3)22-19(20-4)21-12-14-24(15-16-25-5)18-10-11-18/h17-18H,6-16H2,1-5H3,(H2,20,21,22). The molecule has 0 radical (unpaired) electrons. The summed E-state index contributed by atoms with van der Waals surface area (Å²) >= 11 is 0. The van der Waals surface area contributed by atoms with Crippen LogP contribution in [0.15, 0.2) is 4.99 Å². The van der Waals surface area contributed by atoms with Crippen molar-refractivity contribution in [3.8, 4) is 0 Å². The maximum atomic E-state index is 5.22. The highest BCUT2D eigenvalue weighted by molar-refractivity contribution is 5.79. The largest absolute Gasteiger partial charge is 0.383 e. The van der Waals surface area contributed by atoms with Crippen LogP contribution in [0, 0.1) is 0 Å². The van der Waals surface area contributed by atoms with Crippen LogP contribution in [0.5, 0.6) is 0 Å². The molecule has 0 saturated heterocycles. The predicted octanol–water partition coefficient (Wildman–Crippen LogP) is 1.77. The monoisotopic (exact) mass is 355 g/mol. The molecule has 0 aliphatic heterocycles. The zero-order valence-electron chi connectivity index (χ0n) is 17.2. The molecule has 0 heterocycles. The molecular weight excluding hydrogens is 314 g/mol. The van der Waals surface area contributed by atoms with Gasteiger partial charge in [0.2, 0.25) is 0 Å². The minimum atomic E-state index is 0.440. The third-order valence-electron chi connectivity index (χ3n) is 4.95. The number of nitrogens with one attached hydrogen (secondary N) is 2. The number of ether oxygens (including phenoxy) is 1. The van der Waals surface area contributed by atoms with E-state index in [9.17, 15) is 0 Å². The average molecular weight is 356 g/mol. The molecule has 0 aromatic carbocycles. The van der Waals surface area contributed by atoms with Crippen molar-refractivity contribution < 1.29 is 4.74 Å². The molecule has 1 aliphatic rings. The van der Waals surface area contributed by atoms with Crippen molar-refractivity contribution in [3.63, 3.8) is 0 Å². The first-order chi connectivity index (χ1) is 12.1. The van der Waals surface area contributed by atoms with Crippen LogP contribution in [-0.4, -0.2) is 87.9 Å². The fourth-order valence-corrected chi connectivity index (χ4v) is 3.10. The van der Waals surface area contributed by atoms with E-state index in [1.54, 1.807) is 7.11 Å². The minimum absolute atomic E-state index is 0.440. The van der Waals surface area contributed by atoms with Crippen molar-refractivity contribution in [2.24, 2.45) is 4.99 Å². The number of methoxy groups -OCH3 is 1. The second-order valence-electron chi connectivity index (χ2n) is 6.97. The number of rotatable bonds is 14. The molecule has 1 saturated carbocycles. The molecule has 0 bridgehead atoms. The third-order valence-corrected chi connectivity index (χ3v) is 4.95. The Hall–Kier alpha value is -0.850. The minimum Gasteiger partial charge on any atom is -0.383 e. The van der Waals surface area contributed by atoms with Gasteiger partial charge in [-0.05, 0) is 52.2 Å². The first kappa shape index (κ1) is 22.2. The zero-order valence-corrected chi connectivity index (χ0v) is 17.2. The van der Waals surface area contributed by atoms with Gasteiger partial charge in [0.25, 0.3) is 0 Å². The third kappa shape index (κ3) is 10.0. The van der Waals surface area contributed by atoms with Crippen molar-refractivity contribution >= 4 is 5.96 Å². The van der Waals surface area contributed by atoms with Crippen LogP contribution in [0.25, 0.3) is 0 Å². The van der Waals surface area contributed by atoms with Crippen molar-refractivity contribution in [1.82, 2.24) is 20.4 Å². The summed E-state index contributed by atoms with van der Waals surface area (Å²) in [6.45, 7) is 14.0. The lowest BCUT2D eigenvalue weighted by molar-refractivity contribution is 0.144. The Labute approximate surface area is 155 Å². The predicted molar refractivity (Wildman–Crippen MR) is 107 cm³/mol. The Morgan fingerprint density at radius 1 is 1.20 bits per heavy atom. The SMILES string of the molecule is CCN(CC)CCCC(C)NC(=NC)NCCN(CCOC)C1CC1. The average Bonchev–Trinajstić information content (AvgIpc) is 3.45. The van der Waals surface area contributed by atoms with Gasteiger partial charge < -0.3 is 20.3 Å². The molecule has 1 atom stereocenters. The Morgan fingerprint density at radius 3 is 2.48 bits per heavy atom. The summed E-state index contributed by atoms with van der Waals surface area (Å²) in [6.07, 6.45) is 5.05. The number of hydrogen-bond donors (Lipinski definition) is 2. The van der Waals surface area contributed by atoms with Crippen LogP contribution in [0.1, 0.15) is 46.5 Å². The normalized spacial score (nSPS) is 16.5. The lowest BCUT2D eigenvalue weighted by atomic mass is 10.2. The van der Waals surface area contributed by atoms with Gasteiger partial charge >= 0.3 is 0 Å². The maximum Gasteiger partial charge on any atom is 0.191 e. The van der Waals surface area contributed by atoms with E-state index < -0.39 is 0 Å². The van der Waals surface area contributed by atoms with Crippen molar-refractivity contribution in [2.45, 2.75) is 58.5 Å². The summed E-state index contributed by atoms with van der Waals surface area (Å²) in [5, 5.41) is 6.97. The summed E-state index contributed by atoms with van der Waals surface area (Å²) < 4.78 is 5.22. The van der Waals surface area contributed by atoms with Crippen LogP contribution >= 0.6 is 0 Å². The highest BCUT2D eigenvalue weighted by Crippen LogP contribution is 2.25. The Bertz CT molecular complexity index is 356. The van der Waals surface area contributed by atoms with E-state index in [0.29, 0.717) is 6.04 Å². The first-order valence-corrected chi connectivity index (χ1v) is 10.1. The first-order valence-electron chi connectivity index (χ1n) is 10.1. The van der Waals surface area contributed by atoms with E-state index in [0.717, 1.165) is 51.3 Å². The molecule has 0 amide bonds. The fraction of sp³-hybridized carbons (Fsp3) is 0.947. The van der Waals surface area contributed by atoms with Gasteiger partial charge in [0.05, 0.1) is 6.61 Å². The van der Waals surface area contributed by atoms with Crippen LogP contribution in [-0.2, 0) is 4.74 Å². The van der Waals surface area contributed by atoms with Gasteiger partial charge in [-0.1, -0.05) is 13.8 Å². The van der Waals surface area contributed by atoms with Gasteiger partial charge in [0, 0.05) is 45.9 Å². The van der Waals surface area contributed by atoms with E-state index >= 15 is 0 Å². The number of guanidine groups is 1. The molecule has 1 rings (SSSR count). The van der Waals surface area contributed by atoms with Gasteiger partial charge in [-0.15, -0.1) is 0 Å². The van der Waals surface area contributed by atoms with E-state index in [1.165, 1.54) is 32.2 Å². The summed E-state index contributed by atoms with van der Waals surface area (Å²) in [5.41, 5.74) is 0. The highest BCUT2D eigenvalue weighted by Gasteiger charge is 2.28. The van der Waals surface area contributed by atoms with E-state index in [4.69, 9.17) is 4.74 Å². The summed E-state index contributed by atoms with van der Waals surface area (Å²) in [4.78, 5) is 9.37. The smallest absolute Gasteiger partial charge is 0.191 e. The molecular formula is C19H41N5O. The molecule has 1 aliphatic carbocycles. The van der Waals surface area contributed by atoms with Crippen LogP contribution in [0.2, 0.25) is 0 Å². The van der Waals surface area contributed by atoms with Crippen LogP contribution in [0.3, 0.4) is 0 Å². The second kappa shape index (κ2) is 13.4. The van der Waals surface area contributed by atoms with Crippen LogP contribution in [0.4, 0.5) is 0 Å². The molecule has 6 heteroatoms. The molecule has 2 N–H and O–H groups in total. The Kier molecular flexibility index (Phi) is 11.9. The van der Waals surface area contributed by atoms with Crippen molar-refractivity contribution in [2.75, 3.05) is 60.0 Å². The summed E-state index contributed by atoms with van der Waals surface area (Å²) in [6, 6.07) is 1.21. The molecule has 25 heavy (non-hydrogen) atoms. The second-order valence-corrected chi connectivity index (χ2v) is 6.97. The topological polar surface area (TPSA) is 52.1 Å². The van der Waals surface area contributed by atoms with Crippen molar-refractivity contribution in [3.05, 3.63) is 0 Å². The van der Waals surface area contributed by atoms with Gasteiger partial charge in [-0.25, -0.2) is 0 Å². The van der Waals surface area contributed by atoms with Gasteiger partial charge in [-0.2, -0.15) is 0 Å². The van der Waals surface area contributed by atoms with Gasteiger partial charge in [0.15, 0.2) is 5.96 Å². The molecule has 1 unspecified atom stereocenters. The quantitative estimate of drug-likeness (QED) is 0.367. The highest BCUT2D eigenvalue weighted by atomic mass is 16.5. The Morgan fingerprint density at radius 2 is 1.92 bits per heavy atom. The van der Waals surface area contributed by atoms with Crippen molar-refractivity contribution in [1.29, 1.82) is 0 Å². The molecule has 148 valence electrons. The summed E-state index contributed by atoms with van der Waals surface area (Å²) in [5.74, 6) is 0.915. The van der Waals surface area contributed by atoms with E-state index in [1.807, 2.05) is 7.05 Å². The van der Waals surface area contributed by atoms with E-state index in [-0.39, 0.29) is 0 Å². The molecule has 0 aromatic rings. The lowest BCUT2D eigenvalue weighted by Crippen LogP contribution is -2.45. The fourth-order valence-electron chi connectivity index (χ4n) is 3.10. The molecule has 0 spiro atoms. The molecule has 1 fully saturated rings. The van der Waals surface area contributed by atoms with E-state index in [2.05, 4.69) is 46.2 Å². The number of aliphatic imine (C=N–C) groups is 1.